The van der Waals surface area contributed by atoms with Crippen molar-refractivity contribution in [1.29, 1.82) is 0 Å². The first-order chi connectivity index (χ1) is 9.74. The van der Waals surface area contributed by atoms with Crippen molar-refractivity contribution in [2.24, 2.45) is 5.92 Å². The van der Waals surface area contributed by atoms with E-state index >= 15 is 0 Å². The van der Waals surface area contributed by atoms with Gasteiger partial charge in [0.05, 0.1) is 22.8 Å². The van der Waals surface area contributed by atoms with Crippen molar-refractivity contribution in [1.82, 2.24) is 15.1 Å². The minimum Gasteiger partial charge on any atom is -0.350 e. The van der Waals surface area contributed by atoms with Gasteiger partial charge in [0, 0.05) is 12.7 Å². The Bertz CT molecular complexity index is 592. The number of hydrogen-bond donors (Lipinski definition) is 1. The number of para-hydroxylation sites is 1. The summed E-state index contributed by atoms with van der Waals surface area (Å²) in [5.74, 6) is 0.447. The Morgan fingerprint density at radius 1 is 1.40 bits per heavy atom. The van der Waals surface area contributed by atoms with Crippen LogP contribution in [0, 0.1) is 5.92 Å². The number of rotatable bonds is 5. The number of nitrogens with one attached hydrogen (secondary N) is 1. The highest BCUT2D eigenvalue weighted by atomic mass is 35.5. The standard InChI is InChI=1S/C15H16ClN3O/c16-14(11-6-7-11)9-17-15(20)12-8-18-19(10-12)13-4-2-1-3-5-13/h1-5,8,10-11,14H,6-7,9H2,(H,17,20). The molecule has 1 aliphatic carbocycles. The van der Waals surface area contributed by atoms with Gasteiger partial charge in [0.1, 0.15) is 0 Å². The number of benzene rings is 1. The van der Waals surface area contributed by atoms with Gasteiger partial charge in [-0.1, -0.05) is 18.2 Å². The van der Waals surface area contributed by atoms with Crippen LogP contribution in [0.15, 0.2) is 42.7 Å². The molecule has 1 N–H and O–H groups in total. The van der Waals surface area contributed by atoms with E-state index in [2.05, 4.69) is 10.4 Å². The van der Waals surface area contributed by atoms with Crippen molar-refractivity contribution in [3.8, 4) is 5.69 Å². The molecule has 2 aromatic rings. The molecule has 3 rings (SSSR count). The second kappa shape index (κ2) is 5.67. The molecule has 1 saturated carbocycles. The van der Waals surface area contributed by atoms with Crippen molar-refractivity contribution in [3.63, 3.8) is 0 Å². The number of hydrogen-bond acceptors (Lipinski definition) is 2. The van der Waals surface area contributed by atoms with Crippen molar-refractivity contribution in [3.05, 3.63) is 48.3 Å². The van der Waals surface area contributed by atoms with E-state index in [-0.39, 0.29) is 11.3 Å². The summed E-state index contributed by atoms with van der Waals surface area (Å²) in [6, 6.07) is 9.70. The van der Waals surface area contributed by atoms with Gasteiger partial charge in [-0.05, 0) is 30.9 Å². The summed E-state index contributed by atoms with van der Waals surface area (Å²) in [7, 11) is 0. The molecule has 0 radical (unpaired) electrons. The fourth-order valence-electron chi connectivity index (χ4n) is 2.08. The van der Waals surface area contributed by atoms with Gasteiger partial charge < -0.3 is 5.32 Å². The first-order valence-electron chi connectivity index (χ1n) is 6.76. The molecule has 5 heteroatoms. The highest BCUT2D eigenvalue weighted by Gasteiger charge is 2.29. The summed E-state index contributed by atoms with van der Waals surface area (Å²) < 4.78 is 1.69. The van der Waals surface area contributed by atoms with Crippen LogP contribution in [0.1, 0.15) is 23.2 Å². The van der Waals surface area contributed by atoms with E-state index in [1.54, 1.807) is 17.1 Å². The summed E-state index contributed by atoms with van der Waals surface area (Å²) >= 11 is 6.18. The zero-order valence-electron chi connectivity index (χ0n) is 11.0. The van der Waals surface area contributed by atoms with E-state index in [0.717, 1.165) is 5.69 Å². The minimum absolute atomic E-state index is 0.0446. The smallest absolute Gasteiger partial charge is 0.254 e. The van der Waals surface area contributed by atoms with Gasteiger partial charge in [0.2, 0.25) is 0 Å². The largest absolute Gasteiger partial charge is 0.350 e. The molecule has 1 aromatic carbocycles. The van der Waals surface area contributed by atoms with Crippen LogP contribution in [0.5, 0.6) is 0 Å². The van der Waals surface area contributed by atoms with Crippen LogP contribution in [-0.4, -0.2) is 27.6 Å². The molecule has 0 spiro atoms. The number of carbonyl (C=O) groups excluding carboxylic acids is 1. The second-order valence-electron chi connectivity index (χ2n) is 5.07. The number of nitrogens with zero attached hydrogens (tertiary/aromatic N) is 2. The van der Waals surface area contributed by atoms with E-state index in [0.29, 0.717) is 18.0 Å². The van der Waals surface area contributed by atoms with Crippen LogP contribution in [0.3, 0.4) is 0 Å². The molecule has 1 unspecified atom stereocenters. The molecule has 0 saturated heterocycles. The Hall–Kier alpha value is -1.81. The topological polar surface area (TPSA) is 46.9 Å². The van der Waals surface area contributed by atoms with E-state index < -0.39 is 0 Å². The molecule has 4 nitrogen and oxygen atoms in total. The van der Waals surface area contributed by atoms with E-state index in [9.17, 15) is 4.79 Å². The molecule has 1 fully saturated rings. The van der Waals surface area contributed by atoms with E-state index in [4.69, 9.17) is 11.6 Å². The maximum absolute atomic E-state index is 12.0. The highest BCUT2D eigenvalue weighted by molar-refractivity contribution is 6.21. The Balaban J connectivity index is 1.62. The van der Waals surface area contributed by atoms with Crippen LogP contribution >= 0.6 is 11.6 Å². The summed E-state index contributed by atoms with van der Waals surface area (Å²) in [5.41, 5.74) is 1.48. The van der Waals surface area contributed by atoms with Crippen molar-refractivity contribution < 1.29 is 4.79 Å². The maximum atomic E-state index is 12.0. The molecule has 1 aliphatic rings. The zero-order valence-corrected chi connectivity index (χ0v) is 11.8. The maximum Gasteiger partial charge on any atom is 0.254 e. The summed E-state index contributed by atoms with van der Waals surface area (Å²) in [6.45, 7) is 0.515. The van der Waals surface area contributed by atoms with Gasteiger partial charge in [-0.2, -0.15) is 5.10 Å². The first-order valence-corrected chi connectivity index (χ1v) is 7.20. The fraction of sp³-hybridized carbons (Fsp3) is 0.333. The normalized spacial score (nSPS) is 15.8. The Labute approximate surface area is 122 Å². The predicted molar refractivity (Wildman–Crippen MR) is 78.3 cm³/mol. The van der Waals surface area contributed by atoms with Gasteiger partial charge >= 0.3 is 0 Å². The predicted octanol–water partition coefficient (Wildman–Crippen LogP) is 2.62. The van der Waals surface area contributed by atoms with Crippen LogP contribution in [0.2, 0.25) is 0 Å². The quantitative estimate of drug-likeness (QED) is 0.860. The van der Waals surface area contributed by atoms with Crippen LogP contribution in [0.4, 0.5) is 0 Å². The molecule has 0 bridgehead atoms. The van der Waals surface area contributed by atoms with Gasteiger partial charge in [-0.3, -0.25) is 4.79 Å². The number of halogens is 1. The Morgan fingerprint density at radius 3 is 2.85 bits per heavy atom. The van der Waals surface area contributed by atoms with Gasteiger partial charge in [0.25, 0.3) is 5.91 Å². The lowest BCUT2D eigenvalue weighted by atomic mass is 10.2. The third-order valence-electron chi connectivity index (χ3n) is 3.46. The van der Waals surface area contributed by atoms with Crippen LogP contribution < -0.4 is 5.32 Å². The Morgan fingerprint density at radius 2 is 2.15 bits per heavy atom. The lowest BCUT2D eigenvalue weighted by Crippen LogP contribution is -2.30. The van der Waals surface area contributed by atoms with Crippen LogP contribution in [-0.2, 0) is 0 Å². The van der Waals surface area contributed by atoms with Crippen molar-refractivity contribution in [2.75, 3.05) is 6.54 Å². The zero-order chi connectivity index (χ0) is 13.9. The Kier molecular flexibility index (Phi) is 3.74. The third kappa shape index (κ3) is 3.02. The lowest BCUT2D eigenvalue weighted by Gasteiger charge is -2.08. The molecule has 1 aromatic heterocycles. The molecule has 20 heavy (non-hydrogen) atoms. The van der Waals surface area contributed by atoms with Crippen LogP contribution in [0.25, 0.3) is 5.69 Å². The summed E-state index contributed by atoms with van der Waals surface area (Å²) in [5, 5.41) is 7.11. The van der Waals surface area contributed by atoms with E-state index in [1.807, 2.05) is 30.3 Å². The second-order valence-corrected chi connectivity index (χ2v) is 5.63. The fourth-order valence-corrected chi connectivity index (χ4v) is 2.41. The molecule has 1 heterocycles. The van der Waals surface area contributed by atoms with Gasteiger partial charge in [0.15, 0.2) is 0 Å². The van der Waals surface area contributed by atoms with Gasteiger partial charge in [-0.15, -0.1) is 11.6 Å². The van der Waals surface area contributed by atoms with Gasteiger partial charge in [-0.25, -0.2) is 4.68 Å². The molecular weight excluding hydrogens is 274 g/mol. The molecular formula is C15H16ClN3O. The summed E-state index contributed by atoms with van der Waals surface area (Å²) in [6.07, 6.45) is 5.65. The number of aromatic nitrogens is 2. The molecule has 0 aliphatic heterocycles. The average Bonchev–Trinajstić information content (AvgIpc) is 3.22. The minimum atomic E-state index is -0.126. The SMILES string of the molecule is O=C(NCC(Cl)C1CC1)c1cnn(-c2ccccc2)c1. The molecule has 1 atom stereocenters. The molecule has 104 valence electrons. The average molecular weight is 290 g/mol. The highest BCUT2D eigenvalue weighted by Crippen LogP contribution is 2.35. The molecule has 1 amide bonds. The summed E-state index contributed by atoms with van der Waals surface area (Å²) in [4.78, 5) is 12.0. The number of carbonyl (C=O) groups is 1. The third-order valence-corrected chi connectivity index (χ3v) is 3.97. The number of amides is 1. The van der Waals surface area contributed by atoms with Crippen molar-refractivity contribution >= 4 is 17.5 Å². The monoisotopic (exact) mass is 289 g/mol. The van der Waals surface area contributed by atoms with E-state index in [1.165, 1.54) is 12.8 Å². The lowest BCUT2D eigenvalue weighted by molar-refractivity contribution is 0.0953. The first kappa shape index (κ1) is 13.2. The number of alkyl halides is 1. The van der Waals surface area contributed by atoms with Crippen molar-refractivity contribution in [2.45, 2.75) is 18.2 Å².